The maximum absolute atomic E-state index is 12.0. The number of amides is 1. The predicted octanol–water partition coefficient (Wildman–Crippen LogP) is 1.91. The molecule has 1 N–H and O–H groups in total. The predicted molar refractivity (Wildman–Crippen MR) is 87.6 cm³/mol. The second-order valence-corrected chi connectivity index (χ2v) is 5.67. The lowest BCUT2D eigenvalue weighted by atomic mass is 10.2. The highest BCUT2D eigenvalue weighted by Crippen LogP contribution is 2.09. The summed E-state index contributed by atoms with van der Waals surface area (Å²) in [6, 6.07) is 9.01. The van der Waals surface area contributed by atoms with Crippen molar-refractivity contribution in [1.82, 2.24) is 9.80 Å². The van der Waals surface area contributed by atoms with Crippen LogP contribution in [0.2, 0.25) is 0 Å². The second-order valence-electron chi connectivity index (χ2n) is 5.67. The molecule has 0 radical (unpaired) electrons. The second kappa shape index (κ2) is 8.52. The van der Waals surface area contributed by atoms with Gasteiger partial charge in [0.1, 0.15) is 0 Å². The first-order chi connectivity index (χ1) is 10.7. The zero-order valence-corrected chi connectivity index (χ0v) is 13.2. The van der Waals surface area contributed by atoms with Crippen LogP contribution in [0.25, 0.3) is 0 Å². The molecular weight excluding hydrogens is 276 g/mol. The summed E-state index contributed by atoms with van der Waals surface area (Å²) in [6.45, 7) is 8.49. The molecule has 0 aromatic heterocycles. The Morgan fingerprint density at radius 2 is 1.73 bits per heavy atom. The highest BCUT2D eigenvalue weighted by atomic mass is 16.1. The quantitative estimate of drug-likeness (QED) is 0.872. The molecule has 5 nitrogen and oxygen atoms in total. The molecule has 0 atom stereocenters. The molecule has 0 spiro atoms. The number of rotatable bonds is 6. The highest BCUT2D eigenvalue weighted by Gasteiger charge is 2.16. The van der Waals surface area contributed by atoms with Crippen LogP contribution in [0, 0.1) is 11.3 Å². The summed E-state index contributed by atoms with van der Waals surface area (Å²) in [7, 11) is 0. The van der Waals surface area contributed by atoms with Gasteiger partial charge in [0.05, 0.1) is 11.6 Å². The lowest BCUT2D eigenvalue weighted by Crippen LogP contribution is -2.47. The molecule has 5 heteroatoms. The van der Waals surface area contributed by atoms with E-state index in [-0.39, 0.29) is 5.91 Å². The van der Waals surface area contributed by atoms with Gasteiger partial charge in [-0.05, 0) is 37.2 Å². The molecule has 1 saturated heterocycles. The molecule has 0 unspecified atom stereocenters. The van der Waals surface area contributed by atoms with Gasteiger partial charge in [0.25, 0.3) is 0 Å². The first-order valence-corrected chi connectivity index (χ1v) is 7.96. The number of benzene rings is 1. The molecule has 0 aliphatic carbocycles. The van der Waals surface area contributed by atoms with Gasteiger partial charge in [-0.15, -0.1) is 0 Å². The first-order valence-electron chi connectivity index (χ1n) is 7.96. The Labute approximate surface area is 132 Å². The Morgan fingerprint density at radius 3 is 2.27 bits per heavy atom. The molecule has 2 rings (SSSR count). The van der Waals surface area contributed by atoms with Crippen molar-refractivity contribution in [3.8, 4) is 6.07 Å². The van der Waals surface area contributed by atoms with E-state index < -0.39 is 0 Å². The summed E-state index contributed by atoms with van der Waals surface area (Å²) in [5.74, 6) is 0.0284. The first kappa shape index (κ1) is 16.5. The number of carbonyl (C=O) groups is 1. The van der Waals surface area contributed by atoms with E-state index >= 15 is 0 Å². The van der Waals surface area contributed by atoms with Crippen molar-refractivity contribution in [2.75, 3.05) is 44.6 Å². The fraction of sp³-hybridized carbons (Fsp3) is 0.529. The van der Waals surface area contributed by atoms with Crippen LogP contribution in [0.15, 0.2) is 24.3 Å². The number of anilines is 1. The molecule has 0 bridgehead atoms. The molecular formula is C17H24N4O. The minimum Gasteiger partial charge on any atom is -0.326 e. The number of nitrogens with one attached hydrogen (secondary N) is 1. The zero-order chi connectivity index (χ0) is 15.8. The fourth-order valence-corrected chi connectivity index (χ4v) is 2.66. The summed E-state index contributed by atoms with van der Waals surface area (Å²) in [5, 5.41) is 11.6. The maximum Gasteiger partial charge on any atom is 0.225 e. The lowest BCUT2D eigenvalue weighted by Gasteiger charge is -2.34. The van der Waals surface area contributed by atoms with Gasteiger partial charge in [-0.2, -0.15) is 5.26 Å². The van der Waals surface area contributed by atoms with Crippen LogP contribution in [-0.4, -0.2) is 55.0 Å². The summed E-state index contributed by atoms with van der Waals surface area (Å²) in [5.41, 5.74) is 1.35. The van der Waals surface area contributed by atoms with E-state index in [9.17, 15) is 4.79 Å². The zero-order valence-electron chi connectivity index (χ0n) is 13.2. The minimum absolute atomic E-state index is 0.0284. The number of hydrogen-bond donors (Lipinski definition) is 1. The standard InChI is InChI=1S/C17H24N4O/c1-2-8-20-10-12-21(13-11-20)9-7-17(22)19-16-5-3-15(14-18)4-6-16/h3-6H,2,7-13H2,1H3,(H,19,22). The molecule has 1 aliphatic heterocycles. The van der Waals surface area contributed by atoms with Crippen molar-refractivity contribution in [2.24, 2.45) is 0 Å². The highest BCUT2D eigenvalue weighted by molar-refractivity contribution is 5.90. The SMILES string of the molecule is CCCN1CCN(CCC(=O)Nc2ccc(C#N)cc2)CC1. The minimum atomic E-state index is 0.0284. The van der Waals surface area contributed by atoms with Gasteiger partial charge in [0, 0.05) is 44.8 Å². The monoisotopic (exact) mass is 300 g/mol. The normalized spacial score (nSPS) is 16.2. The van der Waals surface area contributed by atoms with Crippen LogP contribution < -0.4 is 5.32 Å². The number of nitrogens with zero attached hydrogens (tertiary/aromatic N) is 3. The van der Waals surface area contributed by atoms with Crippen LogP contribution in [0.1, 0.15) is 25.3 Å². The molecule has 118 valence electrons. The topological polar surface area (TPSA) is 59.4 Å². The van der Waals surface area contributed by atoms with Crippen molar-refractivity contribution in [1.29, 1.82) is 5.26 Å². The summed E-state index contributed by atoms with van der Waals surface area (Å²) < 4.78 is 0. The third-order valence-electron chi connectivity index (χ3n) is 3.96. The Kier molecular flexibility index (Phi) is 6.38. The molecule has 1 aromatic rings. The van der Waals surface area contributed by atoms with E-state index in [0.717, 1.165) is 38.4 Å². The summed E-state index contributed by atoms with van der Waals surface area (Å²) in [4.78, 5) is 16.8. The lowest BCUT2D eigenvalue weighted by molar-refractivity contribution is -0.116. The van der Waals surface area contributed by atoms with Crippen molar-refractivity contribution < 1.29 is 4.79 Å². The number of piperazine rings is 1. The number of hydrogen-bond acceptors (Lipinski definition) is 4. The van der Waals surface area contributed by atoms with E-state index in [1.165, 1.54) is 13.0 Å². The third kappa shape index (κ3) is 5.14. The molecule has 0 saturated carbocycles. The van der Waals surface area contributed by atoms with Crippen molar-refractivity contribution in [3.05, 3.63) is 29.8 Å². The largest absolute Gasteiger partial charge is 0.326 e. The van der Waals surface area contributed by atoms with Crippen LogP contribution in [0.4, 0.5) is 5.69 Å². The van der Waals surface area contributed by atoms with Crippen molar-refractivity contribution in [2.45, 2.75) is 19.8 Å². The Morgan fingerprint density at radius 1 is 1.14 bits per heavy atom. The van der Waals surface area contributed by atoms with Crippen LogP contribution in [-0.2, 0) is 4.79 Å². The average molecular weight is 300 g/mol. The fourth-order valence-electron chi connectivity index (χ4n) is 2.66. The van der Waals surface area contributed by atoms with Gasteiger partial charge in [-0.3, -0.25) is 4.79 Å². The van der Waals surface area contributed by atoms with Gasteiger partial charge in [0.15, 0.2) is 0 Å². The maximum atomic E-state index is 12.0. The van der Waals surface area contributed by atoms with Crippen molar-refractivity contribution in [3.63, 3.8) is 0 Å². The van der Waals surface area contributed by atoms with Gasteiger partial charge in [-0.25, -0.2) is 0 Å². The summed E-state index contributed by atoms with van der Waals surface area (Å²) in [6.07, 6.45) is 1.71. The number of nitriles is 1. The van der Waals surface area contributed by atoms with Crippen LogP contribution in [0.5, 0.6) is 0 Å². The van der Waals surface area contributed by atoms with E-state index in [4.69, 9.17) is 5.26 Å². The van der Waals surface area contributed by atoms with E-state index in [2.05, 4.69) is 28.1 Å². The average Bonchev–Trinajstić information content (AvgIpc) is 2.55. The van der Waals surface area contributed by atoms with Crippen LogP contribution in [0.3, 0.4) is 0 Å². The molecule has 1 aromatic carbocycles. The summed E-state index contributed by atoms with van der Waals surface area (Å²) >= 11 is 0. The van der Waals surface area contributed by atoms with E-state index in [0.29, 0.717) is 12.0 Å². The van der Waals surface area contributed by atoms with E-state index in [1.54, 1.807) is 24.3 Å². The molecule has 1 fully saturated rings. The van der Waals surface area contributed by atoms with Crippen molar-refractivity contribution >= 4 is 11.6 Å². The third-order valence-corrected chi connectivity index (χ3v) is 3.96. The molecule has 1 heterocycles. The molecule has 22 heavy (non-hydrogen) atoms. The van der Waals surface area contributed by atoms with Gasteiger partial charge in [0.2, 0.25) is 5.91 Å². The molecule has 1 aliphatic rings. The van der Waals surface area contributed by atoms with Gasteiger partial charge >= 0.3 is 0 Å². The Bertz CT molecular complexity index is 512. The smallest absolute Gasteiger partial charge is 0.225 e. The van der Waals surface area contributed by atoms with Gasteiger partial charge in [-0.1, -0.05) is 6.92 Å². The van der Waals surface area contributed by atoms with E-state index in [1.807, 2.05) is 0 Å². The number of carbonyl (C=O) groups excluding carboxylic acids is 1. The van der Waals surface area contributed by atoms with Crippen LogP contribution >= 0.6 is 0 Å². The molecule has 1 amide bonds. The Balaban J connectivity index is 1.68. The van der Waals surface area contributed by atoms with Gasteiger partial charge < -0.3 is 15.1 Å². The Hall–Kier alpha value is -1.90.